The third kappa shape index (κ3) is 6.51. The van der Waals surface area contributed by atoms with Gasteiger partial charge in [0.05, 0.1) is 6.61 Å². The molecule has 0 radical (unpaired) electrons. The lowest BCUT2D eigenvalue weighted by molar-refractivity contribution is -0.120. The number of aromatic nitrogens is 3. The van der Waals surface area contributed by atoms with Gasteiger partial charge in [-0.25, -0.2) is 0 Å². The summed E-state index contributed by atoms with van der Waals surface area (Å²) in [5.74, 6) is 0.293. The fourth-order valence-corrected chi connectivity index (χ4v) is 1.46. The second kappa shape index (κ2) is 9.30. The summed E-state index contributed by atoms with van der Waals surface area (Å²) in [6, 6.07) is 0.185. The molecule has 20 heavy (non-hydrogen) atoms. The molecule has 112 valence electrons. The van der Waals surface area contributed by atoms with E-state index in [9.17, 15) is 4.79 Å². The van der Waals surface area contributed by atoms with Crippen LogP contribution < -0.4 is 15.4 Å². The minimum Gasteiger partial charge on any atom is -0.463 e. The van der Waals surface area contributed by atoms with E-state index in [1.165, 1.54) is 0 Å². The maximum absolute atomic E-state index is 11.4. The van der Waals surface area contributed by atoms with Crippen LogP contribution in [0, 0.1) is 0 Å². The van der Waals surface area contributed by atoms with Gasteiger partial charge in [0.15, 0.2) is 0 Å². The highest BCUT2D eigenvalue weighted by Gasteiger charge is 2.06. The lowest BCUT2D eigenvalue weighted by Gasteiger charge is -2.07. The molecule has 0 unspecified atom stereocenters. The van der Waals surface area contributed by atoms with Crippen molar-refractivity contribution in [2.45, 2.75) is 33.1 Å². The molecule has 8 heteroatoms. The van der Waals surface area contributed by atoms with Gasteiger partial charge in [-0.3, -0.25) is 4.79 Å². The van der Waals surface area contributed by atoms with Gasteiger partial charge < -0.3 is 15.4 Å². The molecule has 0 saturated carbocycles. The highest BCUT2D eigenvalue weighted by molar-refractivity contribution is 6.28. The van der Waals surface area contributed by atoms with Crippen LogP contribution in [0.25, 0.3) is 0 Å². The van der Waals surface area contributed by atoms with Crippen LogP contribution in [0.4, 0.5) is 5.95 Å². The Hall–Kier alpha value is -1.63. The lowest BCUT2D eigenvalue weighted by Crippen LogP contribution is -2.26. The number of hydrogen-bond donors (Lipinski definition) is 2. The van der Waals surface area contributed by atoms with Crippen molar-refractivity contribution in [2.75, 3.05) is 25.0 Å². The van der Waals surface area contributed by atoms with E-state index in [0.717, 1.165) is 12.8 Å². The van der Waals surface area contributed by atoms with Gasteiger partial charge >= 0.3 is 6.01 Å². The Morgan fingerprint density at radius 3 is 2.70 bits per heavy atom. The van der Waals surface area contributed by atoms with Crippen LogP contribution in [-0.4, -0.2) is 40.6 Å². The number of ether oxygens (including phenoxy) is 1. The Bertz CT molecular complexity index is 430. The smallest absolute Gasteiger partial charge is 0.322 e. The lowest BCUT2D eigenvalue weighted by atomic mass is 10.4. The molecular formula is C12H20ClN5O2. The molecule has 0 bridgehead atoms. The van der Waals surface area contributed by atoms with E-state index in [-0.39, 0.29) is 17.2 Å². The molecule has 0 saturated heterocycles. The number of anilines is 1. The van der Waals surface area contributed by atoms with Crippen LogP contribution in [0.5, 0.6) is 6.01 Å². The zero-order valence-corrected chi connectivity index (χ0v) is 12.5. The fourth-order valence-electron chi connectivity index (χ4n) is 1.31. The van der Waals surface area contributed by atoms with Gasteiger partial charge in [-0.15, -0.1) is 0 Å². The van der Waals surface area contributed by atoms with Crippen molar-refractivity contribution < 1.29 is 9.53 Å². The van der Waals surface area contributed by atoms with Crippen LogP contribution in [-0.2, 0) is 4.79 Å². The molecule has 1 aromatic heterocycles. The minimum absolute atomic E-state index is 0.0121. The normalized spacial score (nSPS) is 10.2. The number of nitrogens with one attached hydrogen (secondary N) is 2. The summed E-state index contributed by atoms with van der Waals surface area (Å²) < 4.78 is 5.29. The number of nitrogens with zero attached hydrogens (tertiary/aromatic N) is 3. The molecule has 2 N–H and O–H groups in total. The van der Waals surface area contributed by atoms with Gasteiger partial charge in [-0.05, 0) is 24.4 Å². The molecule has 1 rings (SSSR count). The predicted octanol–water partition coefficient (Wildman–Crippen LogP) is 1.64. The monoisotopic (exact) mass is 301 g/mol. The van der Waals surface area contributed by atoms with Crippen molar-refractivity contribution in [1.29, 1.82) is 0 Å². The molecule has 0 aromatic carbocycles. The number of amides is 1. The predicted molar refractivity (Wildman–Crippen MR) is 77.0 cm³/mol. The Morgan fingerprint density at radius 1 is 1.20 bits per heavy atom. The van der Waals surface area contributed by atoms with Crippen LogP contribution in [0.15, 0.2) is 0 Å². The van der Waals surface area contributed by atoms with Gasteiger partial charge in [0.25, 0.3) is 0 Å². The van der Waals surface area contributed by atoms with Gasteiger partial charge in [-0.1, -0.05) is 13.8 Å². The van der Waals surface area contributed by atoms with Gasteiger partial charge in [0.1, 0.15) is 0 Å². The molecular weight excluding hydrogens is 282 g/mol. The molecule has 0 spiro atoms. The van der Waals surface area contributed by atoms with Crippen molar-refractivity contribution in [3.63, 3.8) is 0 Å². The van der Waals surface area contributed by atoms with Crippen LogP contribution in [0.3, 0.4) is 0 Å². The maximum Gasteiger partial charge on any atom is 0.322 e. The summed E-state index contributed by atoms with van der Waals surface area (Å²) in [5.41, 5.74) is 0. The van der Waals surface area contributed by atoms with Gasteiger partial charge in [-0.2, -0.15) is 15.0 Å². The topological polar surface area (TPSA) is 89.0 Å². The van der Waals surface area contributed by atoms with E-state index < -0.39 is 0 Å². The van der Waals surface area contributed by atoms with Crippen molar-refractivity contribution in [3.05, 3.63) is 5.28 Å². The largest absolute Gasteiger partial charge is 0.463 e. The average Bonchev–Trinajstić information content (AvgIpc) is 2.42. The second-order valence-corrected chi connectivity index (χ2v) is 4.42. The first-order chi connectivity index (χ1) is 9.65. The van der Waals surface area contributed by atoms with Crippen LogP contribution >= 0.6 is 11.6 Å². The standard InChI is InChI=1S/C12H20ClN5O2/c1-3-6-14-9(19)5-7-15-11-16-10(13)17-12(18-11)20-8-4-2/h3-8H2,1-2H3,(H,14,19)(H,15,16,17,18). The molecule has 0 aliphatic heterocycles. The van der Waals surface area contributed by atoms with Crippen molar-refractivity contribution >= 4 is 23.5 Å². The quantitative estimate of drug-likeness (QED) is 0.721. The Morgan fingerprint density at radius 2 is 2.00 bits per heavy atom. The summed E-state index contributed by atoms with van der Waals surface area (Å²) in [7, 11) is 0. The molecule has 1 aromatic rings. The van der Waals surface area contributed by atoms with E-state index in [1.54, 1.807) is 0 Å². The van der Waals surface area contributed by atoms with Gasteiger partial charge in [0.2, 0.25) is 17.1 Å². The molecule has 0 atom stereocenters. The van der Waals surface area contributed by atoms with Crippen LogP contribution in [0.1, 0.15) is 33.1 Å². The van der Waals surface area contributed by atoms with Gasteiger partial charge in [0, 0.05) is 19.5 Å². The molecule has 0 aliphatic carbocycles. The Labute approximate surface area is 123 Å². The third-order valence-electron chi connectivity index (χ3n) is 2.23. The zero-order valence-electron chi connectivity index (χ0n) is 11.8. The van der Waals surface area contributed by atoms with E-state index in [4.69, 9.17) is 16.3 Å². The molecule has 0 aliphatic rings. The fraction of sp³-hybridized carbons (Fsp3) is 0.667. The first-order valence-electron chi connectivity index (χ1n) is 6.70. The Kier molecular flexibility index (Phi) is 7.64. The number of carbonyl (C=O) groups is 1. The number of halogens is 1. The summed E-state index contributed by atoms with van der Waals surface area (Å²) in [6.45, 7) is 5.60. The second-order valence-electron chi connectivity index (χ2n) is 4.09. The van der Waals surface area contributed by atoms with E-state index in [2.05, 4.69) is 25.6 Å². The highest BCUT2D eigenvalue weighted by atomic mass is 35.5. The number of carbonyl (C=O) groups excluding carboxylic acids is 1. The number of rotatable bonds is 9. The third-order valence-corrected chi connectivity index (χ3v) is 2.40. The van der Waals surface area contributed by atoms with E-state index in [1.807, 2.05) is 13.8 Å². The Balaban J connectivity index is 2.42. The van der Waals surface area contributed by atoms with E-state index >= 15 is 0 Å². The molecule has 0 fully saturated rings. The first kappa shape index (κ1) is 16.4. The summed E-state index contributed by atoms with van der Waals surface area (Å²) in [5, 5.41) is 5.77. The minimum atomic E-state index is -0.0121. The van der Waals surface area contributed by atoms with Crippen molar-refractivity contribution in [1.82, 2.24) is 20.3 Å². The average molecular weight is 302 g/mol. The number of hydrogen-bond acceptors (Lipinski definition) is 6. The SMILES string of the molecule is CCCNC(=O)CCNc1nc(Cl)nc(OCCC)n1. The van der Waals surface area contributed by atoms with E-state index in [0.29, 0.717) is 32.1 Å². The molecule has 1 heterocycles. The molecule has 1 amide bonds. The van der Waals surface area contributed by atoms with Crippen LogP contribution in [0.2, 0.25) is 5.28 Å². The maximum atomic E-state index is 11.4. The first-order valence-corrected chi connectivity index (χ1v) is 7.08. The summed E-state index contributed by atoms with van der Waals surface area (Å²) in [6.07, 6.45) is 2.11. The highest BCUT2D eigenvalue weighted by Crippen LogP contribution is 2.11. The zero-order chi connectivity index (χ0) is 14.8. The summed E-state index contributed by atoms with van der Waals surface area (Å²) >= 11 is 5.78. The summed E-state index contributed by atoms with van der Waals surface area (Å²) in [4.78, 5) is 23.2. The van der Waals surface area contributed by atoms with Crippen molar-refractivity contribution in [2.24, 2.45) is 0 Å². The van der Waals surface area contributed by atoms with Crippen molar-refractivity contribution in [3.8, 4) is 6.01 Å². The molecule has 7 nitrogen and oxygen atoms in total.